The van der Waals surface area contributed by atoms with E-state index in [0.29, 0.717) is 38.3 Å². The molecule has 0 spiro atoms. The van der Waals surface area contributed by atoms with Gasteiger partial charge in [-0.3, -0.25) is 14.5 Å². The molecular weight excluding hydrogens is 433 g/mol. The van der Waals surface area contributed by atoms with Gasteiger partial charge in [0.15, 0.2) is 0 Å². The number of aromatic nitrogens is 3. The lowest BCUT2D eigenvalue weighted by molar-refractivity contribution is -0.192. The van der Waals surface area contributed by atoms with E-state index in [1.807, 2.05) is 30.3 Å². The molecule has 2 N–H and O–H groups in total. The normalized spacial score (nSPS) is 22.2. The average Bonchev–Trinajstić information content (AvgIpc) is 3.10. The molecule has 12 heteroatoms. The fourth-order valence-corrected chi connectivity index (χ4v) is 3.62. The first-order valence-corrected chi connectivity index (χ1v) is 9.86. The highest BCUT2D eigenvalue weighted by atomic mass is 19.4. The number of alkyl halides is 3. The van der Waals surface area contributed by atoms with E-state index in [4.69, 9.17) is 14.6 Å². The SMILES string of the molecule is Cn1cc2c(n1)C(COc1cccnc1)CN(C(=O)C1CC(O)C1)C2.O=C(O)C(F)(F)F. The number of aliphatic carboxylic acids is 1. The first-order valence-electron chi connectivity index (χ1n) is 9.86. The molecule has 2 aromatic heterocycles. The van der Waals surface area contributed by atoms with Crippen molar-refractivity contribution < 1.29 is 37.7 Å². The molecule has 1 unspecified atom stereocenters. The predicted octanol–water partition coefficient (Wildman–Crippen LogP) is 1.72. The standard InChI is InChI=1S/C18H22N4O3.C2HF3O2/c1-21-8-13-9-22(18(24)12-5-15(23)6-12)10-14(17(13)20-21)11-25-16-3-2-4-19-7-16;3-2(4,5)1(6)7/h2-4,7-8,12,14-15,23H,5-6,9-11H2,1H3;(H,6,7). The van der Waals surface area contributed by atoms with E-state index in [2.05, 4.69) is 10.1 Å². The second-order valence-electron chi connectivity index (χ2n) is 7.75. The molecule has 0 aromatic carbocycles. The van der Waals surface area contributed by atoms with Crippen LogP contribution in [0.4, 0.5) is 13.2 Å². The lowest BCUT2D eigenvalue weighted by Crippen LogP contribution is -2.47. The van der Waals surface area contributed by atoms with E-state index in [9.17, 15) is 23.1 Å². The minimum atomic E-state index is -5.08. The molecular formula is C20H23F3N4O5. The lowest BCUT2D eigenvalue weighted by Gasteiger charge is -2.38. The van der Waals surface area contributed by atoms with Gasteiger partial charge in [-0.05, 0) is 25.0 Å². The zero-order valence-corrected chi connectivity index (χ0v) is 17.2. The van der Waals surface area contributed by atoms with Crippen LogP contribution in [0.2, 0.25) is 0 Å². The number of rotatable bonds is 4. The van der Waals surface area contributed by atoms with Crippen LogP contribution in [0.25, 0.3) is 0 Å². The summed E-state index contributed by atoms with van der Waals surface area (Å²) in [4.78, 5) is 27.5. The van der Waals surface area contributed by atoms with Gasteiger partial charge in [-0.25, -0.2) is 4.79 Å². The number of hydrogen-bond acceptors (Lipinski definition) is 6. The third-order valence-electron chi connectivity index (χ3n) is 5.23. The van der Waals surface area contributed by atoms with Crippen molar-refractivity contribution in [1.29, 1.82) is 0 Å². The van der Waals surface area contributed by atoms with Gasteiger partial charge in [0.05, 0.1) is 30.5 Å². The Morgan fingerprint density at radius 2 is 2.00 bits per heavy atom. The Morgan fingerprint density at radius 3 is 2.56 bits per heavy atom. The maximum atomic E-state index is 12.7. The first kappa shape index (κ1) is 23.5. The highest BCUT2D eigenvalue weighted by Gasteiger charge is 2.39. The molecule has 4 rings (SSSR count). The molecule has 3 heterocycles. The Morgan fingerprint density at radius 1 is 1.31 bits per heavy atom. The van der Waals surface area contributed by atoms with Gasteiger partial charge < -0.3 is 19.8 Å². The van der Waals surface area contributed by atoms with E-state index in [1.165, 1.54) is 0 Å². The number of aryl methyl sites for hydroxylation is 1. The molecule has 1 aliphatic carbocycles. The van der Waals surface area contributed by atoms with Crippen LogP contribution in [0.15, 0.2) is 30.7 Å². The highest BCUT2D eigenvalue weighted by molar-refractivity contribution is 5.80. The molecule has 174 valence electrons. The summed E-state index contributed by atoms with van der Waals surface area (Å²) in [6, 6.07) is 3.70. The zero-order chi connectivity index (χ0) is 23.5. The summed E-state index contributed by atoms with van der Waals surface area (Å²) in [5.41, 5.74) is 2.07. The monoisotopic (exact) mass is 456 g/mol. The quantitative estimate of drug-likeness (QED) is 0.719. The molecule has 1 fully saturated rings. The third kappa shape index (κ3) is 5.75. The van der Waals surface area contributed by atoms with Crippen molar-refractivity contribution in [2.24, 2.45) is 13.0 Å². The molecule has 0 bridgehead atoms. The molecule has 1 aliphatic heterocycles. The number of amides is 1. The van der Waals surface area contributed by atoms with Crippen molar-refractivity contribution in [3.8, 4) is 5.75 Å². The Bertz CT molecular complexity index is 944. The van der Waals surface area contributed by atoms with E-state index in [-0.39, 0.29) is 23.8 Å². The molecule has 9 nitrogen and oxygen atoms in total. The third-order valence-corrected chi connectivity index (χ3v) is 5.23. The fraction of sp³-hybridized carbons (Fsp3) is 0.500. The van der Waals surface area contributed by atoms with Crippen LogP contribution in [0.3, 0.4) is 0 Å². The van der Waals surface area contributed by atoms with E-state index in [0.717, 1.165) is 11.3 Å². The van der Waals surface area contributed by atoms with Crippen molar-refractivity contribution in [1.82, 2.24) is 19.7 Å². The zero-order valence-electron chi connectivity index (χ0n) is 17.2. The number of aliphatic hydroxyl groups excluding tert-OH is 1. The topological polar surface area (TPSA) is 118 Å². The summed E-state index contributed by atoms with van der Waals surface area (Å²) < 4.78 is 39.4. The number of carbonyl (C=O) groups is 2. The number of carbonyl (C=O) groups excluding carboxylic acids is 1. The van der Waals surface area contributed by atoms with Crippen molar-refractivity contribution in [3.63, 3.8) is 0 Å². The number of pyridine rings is 1. The number of aliphatic hydroxyl groups is 1. The summed E-state index contributed by atoms with van der Waals surface area (Å²) in [6.45, 7) is 1.63. The van der Waals surface area contributed by atoms with E-state index >= 15 is 0 Å². The summed E-state index contributed by atoms with van der Waals surface area (Å²) >= 11 is 0. The molecule has 1 saturated carbocycles. The van der Waals surface area contributed by atoms with Crippen molar-refractivity contribution in [2.45, 2.75) is 37.6 Å². The molecule has 2 aromatic rings. The Labute approximate surface area is 181 Å². The lowest BCUT2D eigenvalue weighted by atomic mass is 9.81. The maximum absolute atomic E-state index is 12.7. The van der Waals surface area contributed by atoms with Gasteiger partial charge in [0.1, 0.15) is 5.75 Å². The molecule has 32 heavy (non-hydrogen) atoms. The number of hydrogen-bond donors (Lipinski definition) is 2. The van der Waals surface area contributed by atoms with Crippen molar-refractivity contribution in [2.75, 3.05) is 13.2 Å². The number of halogens is 3. The van der Waals surface area contributed by atoms with Crippen LogP contribution in [0.5, 0.6) is 5.75 Å². The summed E-state index contributed by atoms with van der Waals surface area (Å²) in [6.07, 6.45) is 1.11. The van der Waals surface area contributed by atoms with Crippen LogP contribution >= 0.6 is 0 Å². The minimum Gasteiger partial charge on any atom is -0.491 e. The first-order chi connectivity index (χ1) is 15.0. The predicted molar refractivity (Wildman–Crippen MR) is 104 cm³/mol. The van der Waals surface area contributed by atoms with Crippen molar-refractivity contribution in [3.05, 3.63) is 42.0 Å². The summed E-state index contributed by atoms with van der Waals surface area (Å²) in [7, 11) is 1.89. The smallest absolute Gasteiger partial charge is 0.490 e. The molecule has 0 radical (unpaired) electrons. The molecule has 1 atom stereocenters. The van der Waals surface area contributed by atoms with Crippen LogP contribution in [-0.4, -0.2) is 67.2 Å². The summed E-state index contributed by atoms with van der Waals surface area (Å²) in [5, 5.41) is 21.2. The second-order valence-corrected chi connectivity index (χ2v) is 7.75. The van der Waals surface area contributed by atoms with Gasteiger partial charge in [-0.1, -0.05) is 0 Å². The Hall–Kier alpha value is -3.15. The van der Waals surface area contributed by atoms with Gasteiger partial charge in [-0.15, -0.1) is 0 Å². The van der Waals surface area contributed by atoms with E-state index in [1.54, 1.807) is 17.1 Å². The number of fused-ring (bicyclic) bond motifs is 1. The van der Waals surface area contributed by atoms with Crippen LogP contribution < -0.4 is 4.74 Å². The number of carboxylic acids is 1. The highest BCUT2D eigenvalue weighted by Crippen LogP contribution is 2.33. The van der Waals surface area contributed by atoms with Gasteiger partial charge in [0, 0.05) is 44.0 Å². The number of carboxylic acid groups (broad SMARTS) is 1. The fourth-order valence-electron chi connectivity index (χ4n) is 3.62. The van der Waals surface area contributed by atoms with Crippen LogP contribution in [-0.2, 0) is 23.2 Å². The number of nitrogens with zero attached hydrogens (tertiary/aromatic N) is 4. The Kier molecular flexibility index (Phi) is 7.02. The van der Waals surface area contributed by atoms with Gasteiger partial charge >= 0.3 is 12.1 Å². The van der Waals surface area contributed by atoms with Crippen molar-refractivity contribution >= 4 is 11.9 Å². The summed E-state index contributed by atoms with van der Waals surface area (Å²) in [5.74, 6) is -1.93. The number of ether oxygens (including phenoxy) is 1. The minimum absolute atomic E-state index is 0.0270. The molecule has 1 amide bonds. The van der Waals surface area contributed by atoms with Crippen LogP contribution in [0.1, 0.15) is 30.0 Å². The average molecular weight is 456 g/mol. The van der Waals surface area contributed by atoms with Gasteiger partial charge in [0.2, 0.25) is 5.91 Å². The molecule has 2 aliphatic rings. The largest absolute Gasteiger partial charge is 0.491 e. The molecule has 0 saturated heterocycles. The van der Waals surface area contributed by atoms with E-state index < -0.39 is 12.1 Å². The van der Waals surface area contributed by atoms with Gasteiger partial charge in [-0.2, -0.15) is 18.3 Å². The Balaban J connectivity index is 0.000000360. The van der Waals surface area contributed by atoms with Crippen LogP contribution in [0, 0.1) is 5.92 Å². The van der Waals surface area contributed by atoms with Gasteiger partial charge in [0.25, 0.3) is 0 Å². The maximum Gasteiger partial charge on any atom is 0.490 e. The second kappa shape index (κ2) is 9.55.